The summed E-state index contributed by atoms with van der Waals surface area (Å²) in [5.41, 5.74) is 10.4. The van der Waals surface area contributed by atoms with Gasteiger partial charge in [0.2, 0.25) is 5.91 Å². The summed E-state index contributed by atoms with van der Waals surface area (Å²) in [4.78, 5) is 26.3. The maximum atomic E-state index is 12.5. The monoisotopic (exact) mass is 552 g/mol. The van der Waals surface area contributed by atoms with E-state index < -0.39 is 5.60 Å². The molecule has 3 fully saturated rings. The Hall–Kier alpha value is -3.95. The number of carbonyl (C=O) groups is 1. The van der Waals surface area contributed by atoms with E-state index in [1.54, 1.807) is 6.20 Å². The van der Waals surface area contributed by atoms with Crippen molar-refractivity contribution in [2.45, 2.75) is 50.2 Å². The van der Waals surface area contributed by atoms with Crippen LogP contribution in [-0.2, 0) is 15.1 Å². The molecule has 212 valence electrons. The van der Waals surface area contributed by atoms with E-state index in [0.717, 1.165) is 71.8 Å². The molecule has 3 N–H and O–H groups in total. The minimum atomic E-state index is -1.18. The van der Waals surface area contributed by atoms with E-state index in [4.69, 9.17) is 15.5 Å². The van der Waals surface area contributed by atoms with Crippen molar-refractivity contribution in [1.82, 2.24) is 19.3 Å². The first kappa shape index (κ1) is 26.0. The summed E-state index contributed by atoms with van der Waals surface area (Å²) < 4.78 is 7.55. The highest BCUT2D eigenvalue weighted by atomic mass is 16.5. The Kier molecular flexibility index (Phi) is 6.43. The van der Waals surface area contributed by atoms with Gasteiger partial charge in [0.25, 0.3) is 0 Å². The molecule has 0 radical (unpaired) electrons. The highest BCUT2D eigenvalue weighted by Crippen LogP contribution is 2.39. The summed E-state index contributed by atoms with van der Waals surface area (Å²) in [6.45, 7) is 5.63. The number of nitrogen functional groups attached to an aromatic ring is 1. The molecule has 1 amide bonds. The molecule has 2 aromatic heterocycles. The van der Waals surface area contributed by atoms with Crippen molar-refractivity contribution in [2.24, 2.45) is 0 Å². The number of aromatic nitrogens is 3. The van der Waals surface area contributed by atoms with Gasteiger partial charge in [0.15, 0.2) is 0 Å². The third-order valence-corrected chi connectivity index (χ3v) is 9.20. The summed E-state index contributed by atoms with van der Waals surface area (Å²) in [5, 5.41) is 11.7. The number of ether oxygens (including phenoxy) is 1. The van der Waals surface area contributed by atoms with Gasteiger partial charge in [-0.25, -0.2) is 9.97 Å². The summed E-state index contributed by atoms with van der Waals surface area (Å²) >= 11 is 0. The fourth-order valence-electron chi connectivity index (χ4n) is 6.80. The molecule has 0 saturated carbocycles. The SMILES string of the molecule is C[C@](O)(c1ccc(-c2nc([C@@H]3CC[C@H]4CCC(=O)N4C3)n3ccnc(N)c23)cc1)c1cccc(N2CCOCC2)c1. The zero-order valence-corrected chi connectivity index (χ0v) is 23.4. The number of fused-ring (bicyclic) bond motifs is 2. The molecule has 3 saturated heterocycles. The molecular formula is C32H36N6O3. The van der Waals surface area contributed by atoms with Gasteiger partial charge in [0.05, 0.1) is 13.2 Å². The van der Waals surface area contributed by atoms with Crippen LogP contribution in [-0.4, -0.2) is 69.2 Å². The second-order valence-corrected chi connectivity index (χ2v) is 11.7. The summed E-state index contributed by atoms with van der Waals surface area (Å²) in [7, 11) is 0. The van der Waals surface area contributed by atoms with E-state index in [-0.39, 0.29) is 11.8 Å². The molecule has 7 rings (SSSR count). The van der Waals surface area contributed by atoms with E-state index in [1.165, 1.54) is 0 Å². The number of amides is 1. The number of imidazole rings is 1. The molecule has 3 aliphatic rings. The molecule has 3 atom stereocenters. The Bertz CT molecular complexity index is 1590. The van der Waals surface area contributed by atoms with Crippen LogP contribution < -0.4 is 10.6 Å². The van der Waals surface area contributed by atoms with Gasteiger partial charge >= 0.3 is 0 Å². The summed E-state index contributed by atoms with van der Waals surface area (Å²) in [5.74, 6) is 1.72. The first-order valence-electron chi connectivity index (χ1n) is 14.6. The lowest BCUT2D eigenvalue weighted by Gasteiger charge is -2.34. The molecule has 9 nitrogen and oxygen atoms in total. The molecule has 2 aromatic carbocycles. The fourth-order valence-corrected chi connectivity index (χ4v) is 6.80. The van der Waals surface area contributed by atoms with Crippen molar-refractivity contribution in [1.29, 1.82) is 0 Å². The lowest BCUT2D eigenvalue weighted by Crippen LogP contribution is -2.41. The fraction of sp³-hybridized carbons (Fsp3) is 0.406. The van der Waals surface area contributed by atoms with Crippen molar-refractivity contribution in [2.75, 3.05) is 43.5 Å². The smallest absolute Gasteiger partial charge is 0.222 e. The second kappa shape index (κ2) is 10.2. The van der Waals surface area contributed by atoms with Crippen LogP contribution >= 0.6 is 0 Å². The van der Waals surface area contributed by atoms with Gasteiger partial charge in [-0.15, -0.1) is 0 Å². The summed E-state index contributed by atoms with van der Waals surface area (Å²) in [6, 6.07) is 16.4. The number of nitrogens with two attached hydrogens (primary N) is 1. The Balaban J connectivity index is 1.20. The van der Waals surface area contributed by atoms with Gasteiger partial charge in [-0.1, -0.05) is 36.4 Å². The Morgan fingerprint density at radius 2 is 1.85 bits per heavy atom. The van der Waals surface area contributed by atoms with Crippen molar-refractivity contribution in [3.63, 3.8) is 0 Å². The number of morpholine rings is 1. The highest BCUT2D eigenvalue weighted by molar-refractivity contribution is 5.85. The molecule has 41 heavy (non-hydrogen) atoms. The van der Waals surface area contributed by atoms with Gasteiger partial charge in [0, 0.05) is 61.7 Å². The quantitative estimate of drug-likeness (QED) is 0.386. The third-order valence-electron chi connectivity index (χ3n) is 9.20. The topological polar surface area (TPSA) is 109 Å². The number of rotatable bonds is 5. The Morgan fingerprint density at radius 1 is 1.05 bits per heavy atom. The lowest BCUT2D eigenvalue weighted by atomic mass is 9.87. The van der Waals surface area contributed by atoms with Crippen molar-refractivity contribution in [3.8, 4) is 11.3 Å². The molecule has 0 spiro atoms. The number of carbonyl (C=O) groups excluding carboxylic acids is 1. The predicted molar refractivity (Wildman–Crippen MR) is 158 cm³/mol. The average molecular weight is 553 g/mol. The first-order valence-corrected chi connectivity index (χ1v) is 14.6. The van der Waals surface area contributed by atoms with Crippen LogP contribution in [0.15, 0.2) is 60.9 Å². The number of nitrogens with zero attached hydrogens (tertiary/aromatic N) is 5. The Morgan fingerprint density at radius 3 is 2.66 bits per heavy atom. The van der Waals surface area contributed by atoms with Crippen molar-refractivity contribution < 1.29 is 14.6 Å². The molecule has 9 heteroatoms. The Labute approximate surface area is 239 Å². The van der Waals surface area contributed by atoms with E-state index in [0.29, 0.717) is 38.0 Å². The van der Waals surface area contributed by atoms with Crippen LogP contribution in [0.1, 0.15) is 55.5 Å². The highest BCUT2D eigenvalue weighted by Gasteiger charge is 2.38. The number of anilines is 2. The minimum absolute atomic E-state index is 0.134. The van der Waals surface area contributed by atoms with Crippen LogP contribution in [0.3, 0.4) is 0 Å². The van der Waals surface area contributed by atoms with Crippen LogP contribution in [0.5, 0.6) is 0 Å². The standard InChI is InChI=1S/C32H36N6O3/c1-32(40,24-3-2-4-26(19-24)36-15-17-41-18-16-36)23-8-5-21(6-9-23)28-29-30(33)34-13-14-37(29)31(35-28)22-7-10-25-11-12-27(39)38(25)20-22/h2-6,8-9,13-14,19,22,25,40H,7,10-12,15-18,20H2,1H3,(H2,33,34)/t22-,25+,32+/m1/s1. The van der Waals surface area contributed by atoms with Gasteiger partial charge in [-0.2, -0.15) is 0 Å². The van der Waals surface area contributed by atoms with E-state index in [1.807, 2.05) is 58.8 Å². The maximum absolute atomic E-state index is 12.5. The van der Waals surface area contributed by atoms with Gasteiger partial charge < -0.3 is 25.4 Å². The van der Waals surface area contributed by atoms with Gasteiger partial charge in [0.1, 0.15) is 28.5 Å². The second-order valence-electron chi connectivity index (χ2n) is 11.7. The van der Waals surface area contributed by atoms with Crippen molar-refractivity contribution >= 4 is 22.9 Å². The van der Waals surface area contributed by atoms with Gasteiger partial charge in [-0.05, 0) is 49.4 Å². The normalized spacial score (nSPS) is 22.6. The third kappa shape index (κ3) is 4.53. The molecule has 0 aliphatic carbocycles. The van der Waals surface area contributed by atoms with E-state index >= 15 is 0 Å². The maximum Gasteiger partial charge on any atom is 0.222 e. The lowest BCUT2D eigenvalue weighted by molar-refractivity contribution is -0.130. The first-order chi connectivity index (χ1) is 19.9. The largest absolute Gasteiger partial charge is 0.382 e. The number of aliphatic hydroxyl groups is 1. The molecule has 0 unspecified atom stereocenters. The number of hydrogen-bond acceptors (Lipinski definition) is 7. The zero-order valence-electron chi connectivity index (χ0n) is 23.4. The van der Waals surface area contributed by atoms with E-state index in [2.05, 4.69) is 22.0 Å². The molecule has 4 aromatic rings. The number of piperidine rings is 1. The molecule has 5 heterocycles. The summed E-state index contributed by atoms with van der Waals surface area (Å²) in [6.07, 6.45) is 7.21. The number of hydrogen-bond donors (Lipinski definition) is 2. The zero-order chi connectivity index (χ0) is 28.1. The van der Waals surface area contributed by atoms with Gasteiger partial charge in [-0.3, -0.25) is 9.20 Å². The van der Waals surface area contributed by atoms with Crippen LogP contribution in [0.25, 0.3) is 16.8 Å². The van der Waals surface area contributed by atoms with E-state index in [9.17, 15) is 9.90 Å². The van der Waals surface area contributed by atoms with Crippen LogP contribution in [0, 0.1) is 0 Å². The number of benzene rings is 2. The predicted octanol–water partition coefficient (Wildman–Crippen LogP) is 3.94. The average Bonchev–Trinajstić information content (AvgIpc) is 3.59. The van der Waals surface area contributed by atoms with Crippen LogP contribution in [0.4, 0.5) is 11.5 Å². The minimum Gasteiger partial charge on any atom is -0.382 e. The molecule has 0 bridgehead atoms. The van der Waals surface area contributed by atoms with Crippen molar-refractivity contribution in [3.05, 3.63) is 77.9 Å². The molecular weight excluding hydrogens is 516 g/mol. The molecule has 3 aliphatic heterocycles. The van der Waals surface area contributed by atoms with Crippen LogP contribution in [0.2, 0.25) is 0 Å².